The van der Waals surface area contributed by atoms with E-state index < -0.39 is 23.1 Å². The summed E-state index contributed by atoms with van der Waals surface area (Å²) in [5, 5.41) is 4.51. The summed E-state index contributed by atoms with van der Waals surface area (Å²) in [6, 6.07) is 38.6. The average molecular weight is 939 g/mol. The fourth-order valence-electron chi connectivity index (χ4n) is 11.1. The number of rotatable bonds is 4. The Kier molecular flexibility index (Phi) is 9.80. The zero-order valence-corrected chi connectivity index (χ0v) is 43.2. The normalized spacial score (nSPS) is 18.8. The molecule has 1 fully saturated rings. The monoisotopic (exact) mass is 938 g/mol. The summed E-state index contributed by atoms with van der Waals surface area (Å²) in [4.78, 5) is 60.7. The predicted octanol–water partition coefficient (Wildman–Crippen LogP) is 14.5. The van der Waals surface area contributed by atoms with Gasteiger partial charge in [-0.05, 0) is 148 Å². The minimum Gasteiger partial charge on any atom is -0.310 e. The van der Waals surface area contributed by atoms with Gasteiger partial charge >= 0.3 is 0 Å². The third-order valence-electron chi connectivity index (χ3n) is 15.4. The van der Waals surface area contributed by atoms with E-state index in [9.17, 15) is 19.2 Å². The second-order valence-electron chi connectivity index (χ2n) is 24.5. The van der Waals surface area contributed by atoms with Crippen molar-refractivity contribution in [3.05, 3.63) is 167 Å². The first-order valence-electron chi connectivity index (χ1n) is 24.9. The number of imide groups is 2. The lowest BCUT2D eigenvalue weighted by atomic mass is 9.75. The van der Waals surface area contributed by atoms with Gasteiger partial charge < -0.3 is 9.13 Å². The highest BCUT2D eigenvalue weighted by Crippen LogP contribution is 2.49. The minimum atomic E-state index is -1.21. The van der Waals surface area contributed by atoms with Gasteiger partial charge in [0.2, 0.25) is 11.8 Å². The molecule has 6 aromatic carbocycles. The lowest BCUT2D eigenvalue weighted by Crippen LogP contribution is -2.34. The summed E-state index contributed by atoms with van der Waals surface area (Å²) in [5.74, 6) is -2.43. The molecule has 11 rings (SSSR count). The molecule has 0 radical (unpaired) electrons. The zero-order chi connectivity index (χ0) is 50.6. The summed E-state index contributed by atoms with van der Waals surface area (Å²) >= 11 is 0. The van der Waals surface area contributed by atoms with E-state index in [1.807, 2.05) is 37.3 Å². The van der Waals surface area contributed by atoms with E-state index >= 15 is 0 Å². The van der Waals surface area contributed by atoms with Crippen LogP contribution in [0.5, 0.6) is 0 Å². The highest BCUT2D eigenvalue weighted by Gasteiger charge is 2.56. The Balaban J connectivity index is 0.943. The number of aromatic nitrogens is 2. The molecule has 8 heteroatoms. The van der Waals surface area contributed by atoms with Crippen molar-refractivity contribution in [2.75, 3.05) is 9.80 Å². The molecule has 1 aliphatic carbocycles. The Labute approximate surface area is 416 Å². The molecule has 0 N–H and O–H groups in total. The first-order chi connectivity index (χ1) is 33.3. The molecular formula is C63H62N4O4. The second kappa shape index (κ2) is 15.1. The Morgan fingerprint density at radius 1 is 0.437 bits per heavy atom. The van der Waals surface area contributed by atoms with Crippen molar-refractivity contribution in [2.24, 2.45) is 11.3 Å². The number of nitrogens with zero attached hydrogens (tertiary/aromatic N) is 4. The number of fused-ring (bicyclic) bond motifs is 8. The number of amides is 4. The third-order valence-corrected chi connectivity index (χ3v) is 15.4. The maximum atomic E-state index is 14.9. The van der Waals surface area contributed by atoms with Crippen LogP contribution in [-0.4, -0.2) is 32.8 Å². The smallest absolute Gasteiger partial charge is 0.266 e. The van der Waals surface area contributed by atoms with Crippen molar-refractivity contribution in [3.8, 4) is 5.69 Å². The van der Waals surface area contributed by atoms with Crippen molar-refractivity contribution in [1.29, 1.82) is 0 Å². The van der Waals surface area contributed by atoms with Crippen LogP contribution in [0.4, 0.5) is 11.4 Å². The van der Waals surface area contributed by atoms with Crippen LogP contribution in [0.15, 0.2) is 133 Å². The number of benzene rings is 6. The molecule has 2 unspecified atom stereocenters. The van der Waals surface area contributed by atoms with Crippen LogP contribution in [-0.2, 0) is 31.2 Å². The van der Waals surface area contributed by atoms with E-state index in [2.05, 4.69) is 165 Å². The summed E-state index contributed by atoms with van der Waals surface area (Å²) in [5.41, 5.74) is 10.2. The summed E-state index contributed by atoms with van der Waals surface area (Å²) in [6.07, 6.45) is 5.77. The second-order valence-corrected chi connectivity index (χ2v) is 24.5. The van der Waals surface area contributed by atoms with Gasteiger partial charge in [-0.2, -0.15) is 0 Å². The number of hydrogen-bond donors (Lipinski definition) is 0. The van der Waals surface area contributed by atoms with E-state index in [0.717, 1.165) is 59.9 Å². The fourth-order valence-corrected chi connectivity index (χ4v) is 11.1. The molecule has 4 heterocycles. The van der Waals surface area contributed by atoms with Crippen molar-refractivity contribution in [3.63, 3.8) is 0 Å². The molecule has 3 aliphatic rings. The molecule has 358 valence electrons. The van der Waals surface area contributed by atoms with Crippen molar-refractivity contribution < 1.29 is 19.2 Å². The number of hydrogen-bond acceptors (Lipinski definition) is 4. The van der Waals surface area contributed by atoms with Gasteiger partial charge in [0.05, 0.1) is 55.9 Å². The van der Waals surface area contributed by atoms with Crippen LogP contribution in [0.1, 0.15) is 133 Å². The van der Waals surface area contributed by atoms with E-state index in [0.29, 0.717) is 11.3 Å². The third kappa shape index (κ3) is 6.99. The van der Waals surface area contributed by atoms with Gasteiger partial charge in [-0.15, -0.1) is 0 Å². The Hall–Kier alpha value is -7.32. The van der Waals surface area contributed by atoms with Crippen LogP contribution in [0.3, 0.4) is 0 Å². The molecule has 4 amide bonds. The molecule has 1 saturated heterocycles. The van der Waals surface area contributed by atoms with Crippen LogP contribution < -0.4 is 9.80 Å². The van der Waals surface area contributed by atoms with E-state index in [1.54, 1.807) is 30.3 Å². The molecule has 0 bridgehead atoms. The number of carbonyl (C=O) groups excluding carboxylic acids is 4. The van der Waals surface area contributed by atoms with Gasteiger partial charge in [-0.3, -0.25) is 19.2 Å². The summed E-state index contributed by atoms with van der Waals surface area (Å²) in [6.45, 7) is 28.5. The molecule has 2 atom stereocenters. The van der Waals surface area contributed by atoms with E-state index in [-0.39, 0.29) is 44.7 Å². The fraction of sp³-hybridized carbons (Fsp3) is 0.302. The van der Waals surface area contributed by atoms with Crippen LogP contribution in [0.2, 0.25) is 0 Å². The van der Waals surface area contributed by atoms with Gasteiger partial charge in [0.25, 0.3) is 11.8 Å². The maximum Gasteiger partial charge on any atom is 0.266 e. The van der Waals surface area contributed by atoms with Crippen LogP contribution in [0, 0.1) is 11.3 Å². The van der Waals surface area contributed by atoms with Gasteiger partial charge in [-0.1, -0.05) is 119 Å². The maximum absolute atomic E-state index is 14.9. The van der Waals surface area contributed by atoms with Crippen molar-refractivity contribution in [1.82, 2.24) is 9.13 Å². The molecule has 71 heavy (non-hydrogen) atoms. The highest BCUT2D eigenvalue weighted by molar-refractivity contribution is 6.35. The predicted molar refractivity (Wildman–Crippen MR) is 290 cm³/mol. The quantitative estimate of drug-likeness (QED) is 0.165. The number of anilines is 2. The number of allylic oxidation sites excluding steroid dienone is 2. The SMILES string of the molecule is CC(C)(C)c1ccc2c(c1)c1cc(C(C)(C)C)ccc1n2C1=CC2(C)C(=O)N(c3cccc(N4C(=O)c5ccc(-n6c7ccc(C(C)(C)C)cc7c7cc(C(C)(C)C)ccc76)cc5C4=O)c3)C(=O)C2C=C1. The average Bonchev–Trinajstić information content (AvgIpc) is 3.95. The van der Waals surface area contributed by atoms with Gasteiger partial charge in [0.1, 0.15) is 0 Å². The number of carbonyl (C=O) groups is 4. The minimum absolute atomic E-state index is 0.0575. The summed E-state index contributed by atoms with van der Waals surface area (Å²) in [7, 11) is 0. The van der Waals surface area contributed by atoms with Gasteiger partial charge in [0.15, 0.2) is 0 Å². The van der Waals surface area contributed by atoms with E-state index in [4.69, 9.17) is 0 Å². The van der Waals surface area contributed by atoms with Crippen LogP contribution >= 0.6 is 0 Å². The molecule has 8 aromatic rings. The van der Waals surface area contributed by atoms with Gasteiger partial charge in [-0.25, -0.2) is 9.80 Å². The largest absolute Gasteiger partial charge is 0.310 e. The van der Waals surface area contributed by atoms with Crippen molar-refractivity contribution in [2.45, 2.75) is 112 Å². The van der Waals surface area contributed by atoms with Crippen molar-refractivity contribution >= 4 is 84.3 Å². The molecule has 0 saturated carbocycles. The standard InChI is InChI=1S/C63H62N4O4/c1-59(2,3)36-17-25-51-45(29-36)46-30-37(60(4,5)6)18-26-52(46)64(51)42-21-23-44-49(34-42)56(69)66(55(44)68)40-15-14-16-41(33-40)67-57(70)50-24-22-43(35-63(50,13)58(67)71)65-53-27-19-38(61(7,8)9)31-47(53)48-32-39(62(10,11)12)20-28-54(48)65/h14-35,50H,1-13H3. The lowest BCUT2D eigenvalue weighted by Gasteiger charge is -2.27. The van der Waals surface area contributed by atoms with Crippen LogP contribution in [0.25, 0.3) is 55.0 Å². The molecule has 2 aliphatic heterocycles. The highest BCUT2D eigenvalue weighted by atomic mass is 16.2. The molecule has 2 aromatic heterocycles. The molecule has 0 spiro atoms. The Morgan fingerprint density at radius 2 is 0.859 bits per heavy atom. The molecule has 8 nitrogen and oxygen atoms in total. The first kappa shape index (κ1) is 46.1. The topological polar surface area (TPSA) is 84.6 Å². The first-order valence-corrected chi connectivity index (χ1v) is 24.9. The van der Waals surface area contributed by atoms with Gasteiger partial charge in [0, 0.05) is 32.9 Å². The lowest BCUT2D eigenvalue weighted by molar-refractivity contribution is -0.123. The van der Waals surface area contributed by atoms with E-state index in [1.165, 1.54) is 27.2 Å². The summed E-state index contributed by atoms with van der Waals surface area (Å²) < 4.78 is 4.39. The Morgan fingerprint density at radius 3 is 1.31 bits per heavy atom. The Bertz CT molecular complexity index is 3610. The zero-order valence-electron chi connectivity index (χ0n) is 43.2. The molecular weight excluding hydrogens is 877 g/mol.